The van der Waals surface area contributed by atoms with Crippen molar-refractivity contribution in [2.75, 3.05) is 39.0 Å². The third-order valence-electron chi connectivity index (χ3n) is 3.02. The van der Waals surface area contributed by atoms with Crippen molar-refractivity contribution in [1.29, 1.82) is 0 Å². The lowest BCUT2D eigenvalue weighted by atomic mass is 10.3. The minimum atomic E-state index is -3.83. The Bertz CT molecular complexity index is 629. The van der Waals surface area contributed by atoms with Gasteiger partial charge in [-0.1, -0.05) is 11.3 Å². The molecule has 1 saturated heterocycles. The van der Waals surface area contributed by atoms with Crippen LogP contribution in [0.3, 0.4) is 0 Å². The second-order valence-corrected chi connectivity index (χ2v) is 7.76. The maximum absolute atomic E-state index is 12.1. The zero-order valence-corrected chi connectivity index (χ0v) is 12.9. The van der Waals surface area contributed by atoms with Crippen LogP contribution in [0.15, 0.2) is 10.3 Å². The molecule has 0 spiro atoms. The largest absolute Gasteiger partial charge is 0.385 e. The van der Waals surface area contributed by atoms with E-state index in [9.17, 15) is 18.5 Å². The van der Waals surface area contributed by atoms with Crippen LogP contribution in [-0.2, 0) is 14.8 Å². The van der Waals surface area contributed by atoms with E-state index in [1.54, 1.807) is 0 Å². The van der Waals surface area contributed by atoms with E-state index >= 15 is 0 Å². The van der Waals surface area contributed by atoms with Crippen LogP contribution in [0.1, 0.15) is 0 Å². The number of rotatable bonds is 5. The smallest absolute Gasteiger partial charge is 0.304 e. The molecule has 21 heavy (non-hydrogen) atoms. The monoisotopic (exact) mass is 336 g/mol. The molecule has 0 bridgehead atoms. The molecule has 0 aromatic carbocycles. The molecule has 9 nitrogen and oxygen atoms in total. The van der Waals surface area contributed by atoms with E-state index in [0.29, 0.717) is 24.5 Å². The summed E-state index contributed by atoms with van der Waals surface area (Å²) in [5, 5.41) is 10.6. The van der Waals surface area contributed by atoms with Gasteiger partial charge < -0.3 is 15.4 Å². The summed E-state index contributed by atoms with van der Waals surface area (Å²) >= 11 is 0.671. The van der Waals surface area contributed by atoms with E-state index in [1.807, 2.05) is 11.9 Å². The maximum atomic E-state index is 12.1. The Hall–Kier alpha value is -1.27. The van der Waals surface area contributed by atoms with Crippen molar-refractivity contribution in [1.82, 2.24) is 9.62 Å². The van der Waals surface area contributed by atoms with Crippen molar-refractivity contribution in [2.24, 2.45) is 0 Å². The molecule has 0 saturated carbocycles. The van der Waals surface area contributed by atoms with E-state index in [4.69, 9.17) is 10.5 Å². The number of nitrogens with zero attached hydrogens (tertiary/aromatic N) is 2. The number of ether oxygens (including phenoxy) is 1. The van der Waals surface area contributed by atoms with Gasteiger partial charge in [-0.2, -0.15) is 0 Å². The van der Waals surface area contributed by atoms with E-state index in [0.717, 1.165) is 12.6 Å². The van der Waals surface area contributed by atoms with E-state index in [-0.39, 0.29) is 21.9 Å². The summed E-state index contributed by atoms with van der Waals surface area (Å²) in [5.41, 5.74) is 5.05. The van der Waals surface area contributed by atoms with Crippen molar-refractivity contribution >= 4 is 32.0 Å². The number of morpholine rings is 1. The Balaban J connectivity index is 2.04. The molecular formula is C10H16N4O5S2. The van der Waals surface area contributed by atoms with Gasteiger partial charge in [0.2, 0.25) is 10.0 Å². The number of sulfonamides is 1. The lowest BCUT2D eigenvalue weighted by Crippen LogP contribution is -2.45. The highest BCUT2D eigenvalue weighted by Gasteiger charge is 2.26. The van der Waals surface area contributed by atoms with Gasteiger partial charge in [0, 0.05) is 25.7 Å². The first-order valence-electron chi connectivity index (χ1n) is 6.13. The predicted octanol–water partition coefficient (Wildman–Crippen LogP) is -0.153. The van der Waals surface area contributed by atoms with E-state index < -0.39 is 20.6 Å². The maximum Gasteiger partial charge on any atom is 0.304 e. The number of nitrogen functional groups attached to an aromatic ring is 1. The van der Waals surface area contributed by atoms with Gasteiger partial charge in [0.25, 0.3) is 0 Å². The van der Waals surface area contributed by atoms with E-state index in [2.05, 4.69) is 4.72 Å². The molecule has 1 atom stereocenters. The van der Waals surface area contributed by atoms with Crippen LogP contribution in [0.5, 0.6) is 0 Å². The minimum absolute atomic E-state index is 0.109. The zero-order chi connectivity index (χ0) is 15.6. The predicted molar refractivity (Wildman–Crippen MR) is 77.8 cm³/mol. The third kappa shape index (κ3) is 3.89. The second-order valence-electron chi connectivity index (χ2n) is 4.68. The average molecular weight is 336 g/mol. The molecule has 2 rings (SSSR count). The number of nitro groups is 1. The Morgan fingerprint density at radius 2 is 2.38 bits per heavy atom. The van der Waals surface area contributed by atoms with Crippen LogP contribution < -0.4 is 10.5 Å². The highest BCUT2D eigenvalue weighted by Crippen LogP contribution is 2.34. The molecule has 2 heterocycles. The summed E-state index contributed by atoms with van der Waals surface area (Å²) in [5.74, 6) is 0. The standard InChI is InChI=1S/C10H16N4O5S2/c1-13-2-3-19-7(6-13)5-12-21(17,18)9-4-8(14(15)16)10(11)20-9/h4,7,12H,2-3,5-6,11H2,1H3. The number of likely N-dealkylation sites (N-methyl/N-ethyl adjacent to an activating group) is 1. The summed E-state index contributed by atoms with van der Waals surface area (Å²) in [7, 11) is -1.90. The molecule has 0 amide bonds. The normalized spacial score (nSPS) is 20.5. The van der Waals surface area contributed by atoms with Crippen molar-refractivity contribution in [3.8, 4) is 0 Å². The highest BCUT2D eigenvalue weighted by molar-refractivity contribution is 7.91. The molecule has 0 aliphatic carbocycles. The molecule has 1 fully saturated rings. The van der Waals surface area contributed by atoms with Crippen LogP contribution in [0.25, 0.3) is 0 Å². The Morgan fingerprint density at radius 3 is 2.95 bits per heavy atom. The molecule has 1 aromatic heterocycles. The fraction of sp³-hybridized carbons (Fsp3) is 0.600. The lowest BCUT2D eigenvalue weighted by molar-refractivity contribution is -0.383. The van der Waals surface area contributed by atoms with Gasteiger partial charge in [-0.05, 0) is 7.05 Å². The number of nitrogens with two attached hydrogens (primary N) is 1. The SMILES string of the molecule is CN1CCOC(CNS(=O)(=O)c2cc([N+](=O)[O-])c(N)s2)C1. The molecule has 3 N–H and O–H groups in total. The average Bonchev–Trinajstić information content (AvgIpc) is 2.80. The number of anilines is 1. The summed E-state index contributed by atoms with van der Waals surface area (Å²) in [6.45, 7) is 2.07. The Kier molecular flexibility index (Phi) is 4.78. The zero-order valence-electron chi connectivity index (χ0n) is 11.3. The van der Waals surface area contributed by atoms with Gasteiger partial charge in [-0.3, -0.25) is 10.1 Å². The van der Waals surface area contributed by atoms with Gasteiger partial charge in [0.1, 0.15) is 4.21 Å². The lowest BCUT2D eigenvalue weighted by Gasteiger charge is -2.29. The molecule has 0 radical (unpaired) electrons. The topological polar surface area (TPSA) is 128 Å². The van der Waals surface area contributed by atoms with Gasteiger partial charge in [0.15, 0.2) is 5.00 Å². The third-order valence-corrected chi connectivity index (χ3v) is 5.87. The Labute approximate surface area is 125 Å². The minimum Gasteiger partial charge on any atom is -0.385 e. The summed E-state index contributed by atoms with van der Waals surface area (Å²) in [4.78, 5) is 12.0. The number of thiophene rings is 1. The number of hydrogen-bond acceptors (Lipinski definition) is 8. The second kappa shape index (κ2) is 6.23. The van der Waals surface area contributed by atoms with Crippen LogP contribution in [0.2, 0.25) is 0 Å². The molecular weight excluding hydrogens is 320 g/mol. The highest BCUT2D eigenvalue weighted by atomic mass is 32.2. The molecule has 11 heteroatoms. The molecule has 1 aliphatic rings. The van der Waals surface area contributed by atoms with Crippen molar-refractivity contribution < 1.29 is 18.1 Å². The van der Waals surface area contributed by atoms with Gasteiger partial charge >= 0.3 is 5.69 Å². The van der Waals surface area contributed by atoms with Crippen LogP contribution in [0.4, 0.5) is 10.7 Å². The fourth-order valence-electron chi connectivity index (χ4n) is 1.91. The van der Waals surface area contributed by atoms with Gasteiger partial charge in [-0.15, -0.1) is 0 Å². The molecule has 1 aromatic rings. The molecule has 1 unspecified atom stereocenters. The molecule has 118 valence electrons. The van der Waals surface area contributed by atoms with Gasteiger partial charge in [-0.25, -0.2) is 13.1 Å². The van der Waals surface area contributed by atoms with E-state index in [1.165, 1.54) is 0 Å². The summed E-state index contributed by atoms with van der Waals surface area (Å²) < 4.78 is 31.9. The Morgan fingerprint density at radius 1 is 1.67 bits per heavy atom. The first kappa shape index (κ1) is 16.1. The van der Waals surface area contributed by atoms with Crippen LogP contribution in [-0.4, -0.2) is 57.6 Å². The quantitative estimate of drug-likeness (QED) is 0.565. The summed E-state index contributed by atoms with van der Waals surface area (Å²) in [6, 6.07) is 0.968. The fourth-order valence-corrected chi connectivity index (χ4v) is 4.24. The van der Waals surface area contributed by atoms with Crippen molar-refractivity contribution in [3.05, 3.63) is 16.2 Å². The van der Waals surface area contributed by atoms with Gasteiger partial charge in [0.05, 0.1) is 17.6 Å². The van der Waals surface area contributed by atoms with Crippen LogP contribution in [0, 0.1) is 10.1 Å². The van der Waals surface area contributed by atoms with Crippen molar-refractivity contribution in [3.63, 3.8) is 0 Å². The first-order valence-corrected chi connectivity index (χ1v) is 8.43. The summed E-state index contributed by atoms with van der Waals surface area (Å²) in [6.07, 6.45) is -0.245. The van der Waals surface area contributed by atoms with Crippen molar-refractivity contribution in [2.45, 2.75) is 10.3 Å². The number of hydrogen-bond donors (Lipinski definition) is 2. The number of nitrogens with one attached hydrogen (secondary N) is 1. The van der Waals surface area contributed by atoms with Crippen LogP contribution >= 0.6 is 11.3 Å². The molecule has 1 aliphatic heterocycles. The first-order chi connectivity index (χ1) is 9.79.